The molecule has 1 aromatic carbocycles. The maximum atomic E-state index is 13.6. The summed E-state index contributed by atoms with van der Waals surface area (Å²) in [5.41, 5.74) is 2.46. The number of aryl methyl sites for hydroxylation is 1. The van der Waals surface area contributed by atoms with Crippen LogP contribution in [0, 0.1) is 11.6 Å². The lowest BCUT2D eigenvalue weighted by atomic mass is 9.92. The van der Waals surface area contributed by atoms with Crippen molar-refractivity contribution in [3.8, 4) is 11.4 Å². The van der Waals surface area contributed by atoms with Gasteiger partial charge in [0, 0.05) is 28.9 Å². The Labute approximate surface area is 151 Å². The second-order valence-electron chi connectivity index (χ2n) is 7.34. The van der Waals surface area contributed by atoms with E-state index in [0.717, 1.165) is 74.5 Å². The number of nitrogens with one attached hydrogen (secondary N) is 1. The normalized spacial score (nSPS) is 22.7. The minimum absolute atomic E-state index is 0.210. The number of anilines is 1. The Balaban J connectivity index is 1.70. The molecule has 2 N–H and O–H groups in total. The van der Waals surface area contributed by atoms with Crippen LogP contribution < -0.4 is 5.32 Å². The van der Waals surface area contributed by atoms with Gasteiger partial charge in [0.05, 0.1) is 6.10 Å². The molecule has 0 unspecified atom stereocenters. The molecule has 1 heterocycles. The first-order chi connectivity index (χ1) is 12.6. The molecule has 2 aromatic rings. The zero-order valence-electron chi connectivity index (χ0n) is 14.6. The zero-order chi connectivity index (χ0) is 18.1. The Kier molecular flexibility index (Phi) is 4.85. The van der Waals surface area contributed by atoms with Crippen LogP contribution in [0.5, 0.6) is 0 Å². The third kappa shape index (κ3) is 3.70. The summed E-state index contributed by atoms with van der Waals surface area (Å²) in [4.78, 5) is 9.24. The van der Waals surface area contributed by atoms with Crippen molar-refractivity contribution in [3.05, 3.63) is 41.1 Å². The van der Waals surface area contributed by atoms with Crippen molar-refractivity contribution in [2.45, 2.75) is 63.5 Å². The van der Waals surface area contributed by atoms with E-state index in [1.165, 1.54) is 12.1 Å². The second kappa shape index (κ2) is 7.27. The standard InChI is InChI=1S/C20H23F2N3O/c21-13-9-12(10-14(22)11-13)19-24-18-4-2-1-3-17(18)20(25-19)23-15-5-7-16(26)8-6-15/h9-11,15-16,26H,1-8H2,(H,23,24,25). The fourth-order valence-corrected chi connectivity index (χ4v) is 3.94. The molecule has 26 heavy (non-hydrogen) atoms. The first-order valence-corrected chi connectivity index (χ1v) is 9.39. The fourth-order valence-electron chi connectivity index (χ4n) is 3.94. The van der Waals surface area contributed by atoms with Gasteiger partial charge in [0.25, 0.3) is 0 Å². The van der Waals surface area contributed by atoms with E-state index < -0.39 is 11.6 Å². The van der Waals surface area contributed by atoms with Crippen molar-refractivity contribution in [1.82, 2.24) is 9.97 Å². The van der Waals surface area contributed by atoms with E-state index in [4.69, 9.17) is 0 Å². The molecule has 0 atom stereocenters. The number of hydrogen-bond donors (Lipinski definition) is 2. The predicted molar refractivity (Wildman–Crippen MR) is 95.9 cm³/mol. The van der Waals surface area contributed by atoms with Gasteiger partial charge in [-0.2, -0.15) is 0 Å². The number of fused-ring (bicyclic) bond motifs is 1. The number of hydrogen-bond acceptors (Lipinski definition) is 4. The van der Waals surface area contributed by atoms with E-state index in [-0.39, 0.29) is 12.1 Å². The minimum atomic E-state index is -0.628. The molecule has 6 heteroatoms. The summed E-state index contributed by atoms with van der Waals surface area (Å²) < 4.78 is 27.3. The molecule has 0 aliphatic heterocycles. The monoisotopic (exact) mass is 359 g/mol. The molecular weight excluding hydrogens is 336 g/mol. The van der Waals surface area contributed by atoms with Crippen molar-refractivity contribution in [3.63, 3.8) is 0 Å². The highest BCUT2D eigenvalue weighted by atomic mass is 19.1. The molecule has 0 amide bonds. The average molecular weight is 359 g/mol. The highest BCUT2D eigenvalue weighted by molar-refractivity contribution is 5.60. The third-order valence-corrected chi connectivity index (χ3v) is 5.34. The summed E-state index contributed by atoms with van der Waals surface area (Å²) >= 11 is 0. The van der Waals surface area contributed by atoms with Gasteiger partial charge in [-0.25, -0.2) is 18.7 Å². The summed E-state index contributed by atoms with van der Waals surface area (Å²) in [7, 11) is 0. The minimum Gasteiger partial charge on any atom is -0.393 e. The Bertz CT molecular complexity index is 784. The van der Waals surface area contributed by atoms with Gasteiger partial charge >= 0.3 is 0 Å². The number of aromatic nitrogens is 2. The Hall–Kier alpha value is -2.08. The van der Waals surface area contributed by atoms with Crippen LogP contribution in [-0.2, 0) is 12.8 Å². The van der Waals surface area contributed by atoms with Crippen LogP contribution in [0.15, 0.2) is 18.2 Å². The number of rotatable bonds is 3. The quantitative estimate of drug-likeness (QED) is 0.869. The molecule has 1 aromatic heterocycles. The lowest BCUT2D eigenvalue weighted by molar-refractivity contribution is 0.126. The average Bonchev–Trinajstić information content (AvgIpc) is 2.63. The summed E-state index contributed by atoms with van der Waals surface area (Å²) in [5, 5.41) is 13.2. The Morgan fingerprint density at radius 1 is 0.923 bits per heavy atom. The smallest absolute Gasteiger partial charge is 0.161 e. The van der Waals surface area contributed by atoms with Gasteiger partial charge in [-0.15, -0.1) is 0 Å². The molecule has 4 rings (SSSR count). The van der Waals surface area contributed by atoms with Crippen molar-refractivity contribution in [2.24, 2.45) is 0 Å². The van der Waals surface area contributed by atoms with Gasteiger partial charge in [0.15, 0.2) is 5.82 Å². The summed E-state index contributed by atoms with van der Waals surface area (Å²) in [6, 6.07) is 3.66. The lowest BCUT2D eigenvalue weighted by Gasteiger charge is -2.28. The number of halogens is 2. The molecule has 4 nitrogen and oxygen atoms in total. The number of aliphatic hydroxyl groups is 1. The van der Waals surface area contributed by atoms with Gasteiger partial charge < -0.3 is 10.4 Å². The second-order valence-corrected chi connectivity index (χ2v) is 7.34. The number of nitrogens with zero attached hydrogens (tertiary/aromatic N) is 2. The van der Waals surface area contributed by atoms with Crippen molar-refractivity contribution < 1.29 is 13.9 Å². The van der Waals surface area contributed by atoms with Crippen LogP contribution in [0.25, 0.3) is 11.4 Å². The number of benzene rings is 1. The summed E-state index contributed by atoms with van der Waals surface area (Å²) in [6.07, 6.45) is 7.09. The van der Waals surface area contributed by atoms with E-state index >= 15 is 0 Å². The van der Waals surface area contributed by atoms with Crippen LogP contribution in [0.1, 0.15) is 49.8 Å². The van der Waals surface area contributed by atoms with Gasteiger partial charge in [0.2, 0.25) is 0 Å². The summed E-state index contributed by atoms with van der Waals surface area (Å²) in [5.74, 6) is -0.104. The van der Waals surface area contributed by atoms with E-state index in [0.29, 0.717) is 11.4 Å². The topological polar surface area (TPSA) is 58.0 Å². The maximum Gasteiger partial charge on any atom is 0.161 e. The van der Waals surface area contributed by atoms with E-state index in [2.05, 4.69) is 15.3 Å². The molecule has 138 valence electrons. The van der Waals surface area contributed by atoms with Crippen LogP contribution in [-0.4, -0.2) is 27.2 Å². The zero-order valence-corrected chi connectivity index (χ0v) is 14.6. The molecular formula is C20H23F2N3O. The van der Waals surface area contributed by atoms with E-state index in [1.807, 2.05) is 0 Å². The van der Waals surface area contributed by atoms with E-state index in [1.54, 1.807) is 0 Å². The van der Waals surface area contributed by atoms with Crippen molar-refractivity contribution in [1.29, 1.82) is 0 Å². The highest BCUT2D eigenvalue weighted by Gasteiger charge is 2.24. The summed E-state index contributed by atoms with van der Waals surface area (Å²) in [6.45, 7) is 0. The number of aliphatic hydroxyl groups excluding tert-OH is 1. The molecule has 0 radical (unpaired) electrons. The largest absolute Gasteiger partial charge is 0.393 e. The SMILES string of the molecule is OC1CCC(Nc2nc(-c3cc(F)cc(F)c3)nc3c2CCCC3)CC1. The van der Waals surface area contributed by atoms with Crippen LogP contribution in [0.2, 0.25) is 0 Å². The van der Waals surface area contributed by atoms with Crippen molar-refractivity contribution >= 4 is 5.82 Å². The molecule has 2 aliphatic carbocycles. The van der Waals surface area contributed by atoms with Gasteiger partial charge in [-0.05, 0) is 63.5 Å². The maximum absolute atomic E-state index is 13.6. The van der Waals surface area contributed by atoms with Crippen LogP contribution in [0.4, 0.5) is 14.6 Å². The first-order valence-electron chi connectivity index (χ1n) is 9.39. The van der Waals surface area contributed by atoms with Crippen molar-refractivity contribution in [2.75, 3.05) is 5.32 Å². The molecule has 0 spiro atoms. The molecule has 2 aliphatic rings. The first kappa shape index (κ1) is 17.3. The van der Waals surface area contributed by atoms with Gasteiger partial charge in [-0.1, -0.05) is 0 Å². The molecule has 1 fully saturated rings. The molecule has 0 saturated heterocycles. The van der Waals surface area contributed by atoms with Crippen LogP contribution in [0.3, 0.4) is 0 Å². The highest BCUT2D eigenvalue weighted by Crippen LogP contribution is 2.31. The predicted octanol–water partition coefficient (Wildman–Crippen LogP) is 4.02. The molecule has 1 saturated carbocycles. The Morgan fingerprint density at radius 3 is 2.35 bits per heavy atom. The Morgan fingerprint density at radius 2 is 1.62 bits per heavy atom. The lowest BCUT2D eigenvalue weighted by Crippen LogP contribution is -2.29. The third-order valence-electron chi connectivity index (χ3n) is 5.34. The fraction of sp³-hybridized carbons (Fsp3) is 0.500. The molecule has 0 bridgehead atoms. The van der Waals surface area contributed by atoms with E-state index in [9.17, 15) is 13.9 Å². The van der Waals surface area contributed by atoms with Gasteiger partial charge in [0.1, 0.15) is 17.5 Å². The van der Waals surface area contributed by atoms with Crippen LogP contribution >= 0.6 is 0 Å². The van der Waals surface area contributed by atoms with Gasteiger partial charge in [-0.3, -0.25) is 0 Å².